The molecule has 130 valence electrons. The van der Waals surface area contributed by atoms with Gasteiger partial charge in [0.25, 0.3) is 12.3 Å². The third-order valence-corrected chi connectivity index (χ3v) is 5.17. The molecule has 3 aromatic rings. The molecule has 0 amide bonds. The molecule has 1 heterocycles. The van der Waals surface area contributed by atoms with Crippen molar-refractivity contribution in [3.8, 4) is 0 Å². The van der Waals surface area contributed by atoms with Gasteiger partial charge in [-0.05, 0) is 46.9 Å². The summed E-state index contributed by atoms with van der Waals surface area (Å²) in [5.74, 6) is -0.769. The normalized spacial score (nSPS) is 12.8. The molecule has 3 nitrogen and oxygen atoms in total. The second kappa shape index (κ2) is 7.24. The first-order valence-electron chi connectivity index (χ1n) is 6.90. The van der Waals surface area contributed by atoms with Crippen LogP contribution in [-0.2, 0) is 0 Å². The van der Waals surface area contributed by atoms with Crippen LogP contribution in [0.2, 0.25) is 5.02 Å². The second-order valence-corrected chi connectivity index (χ2v) is 7.45. The van der Waals surface area contributed by atoms with Gasteiger partial charge >= 0.3 is 0 Å². The van der Waals surface area contributed by atoms with Gasteiger partial charge in [0.1, 0.15) is 3.70 Å². The molecule has 1 unspecified atom stereocenters. The lowest BCUT2D eigenvalue weighted by Crippen LogP contribution is -2.18. The van der Waals surface area contributed by atoms with Crippen LogP contribution in [0.15, 0.2) is 40.9 Å². The maximum atomic E-state index is 14.0. The fourth-order valence-corrected chi connectivity index (χ4v) is 3.73. The van der Waals surface area contributed by atoms with E-state index in [1.807, 2.05) is 22.6 Å². The van der Waals surface area contributed by atoms with Crippen molar-refractivity contribution in [1.82, 2.24) is 9.78 Å². The van der Waals surface area contributed by atoms with Gasteiger partial charge in [0.15, 0.2) is 6.17 Å². The molecule has 0 spiro atoms. The number of hydrogen-bond acceptors (Lipinski definition) is 2. The van der Waals surface area contributed by atoms with E-state index in [9.17, 15) is 18.0 Å². The SMILES string of the molecule is O=C(c1c(Cl)cccc1C(F)C(F)F)n1nc(I)c2ccc(Br)cc21. The van der Waals surface area contributed by atoms with Crippen LogP contribution in [0.5, 0.6) is 0 Å². The van der Waals surface area contributed by atoms with Gasteiger partial charge in [-0.25, -0.2) is 13.2 Å². The molecule has 0 aliphatic carbocycles. The molecule has 3 rings (SSSR count). The number of rotatable bonds is 3. The quantitative estimate of drug-likeness (QED) is 0.379. The first-order chi connectivity index (χ1) is 11.8. The van der Waals surface area contributed by atoms with Gasteiger partial charge in [-0.1, -0.05) is 39.7 Å². The molecule has 0 aliphatic rings. The van der Waals surface area contributed by atoms with Gasteiger partial charge in [-0.3, -0.25) is 4.79 Å². The Labute approximate surface area is 167 Å². The lowest BCUT2D eigenvalue weighted by Gasteiger charge is -2.14. The second-order valence-electron chi connectivity index (χ2n) is 5.11. The lowest BCUT2D eigenvalue weighted by atomic mass is 10.0. The first-order valence-corrected chi connectivity index (χ1v) is 9.15. The third kappa shape index (κ3) is 3.43. The zero-order valence-electron chi connectivity index (χ0n) is 12.2. The van der Waals surface area contributed by atoms with E-state index in [-0.39, 0.29) is 10.6 Å². The number of hydrogen-bond donors (Lipinski definition) is 0. The molecule has 2 aromatic carbocycles. The van der Waals surface area contributed by atoms with Crippen molar-refractivity contribution in [2.45, 2.75) is 12.6 Å². The van der Waals surface area contributed by atoms with Crippen molar-refractivity contribution >= 4 is 66.9 Å². The number of fused-ring (bicyclic) bond motifs is 1. The number of carbonyl (C=O) groups excluding carboxylic acids is 1. The van der Waals surface area contributed by atoms with Crippen LogP contribution < -0.4 is 0 Å². The highest BCUT2D eigenvalue weighted by atomic mass is 127. The summed E-state index contributed by atoms with van der Waals surface area (Å²) in [4.78, 5) is 12.9. The molecule has 25 heavy (non-hydrogen) atoms. The van der Waals surface area contributed by atoms with E-state index < -0.39 is 24.1 Å². The highest BCUT2D eigenvalue weighted by Crippen LogP contribution is 2.33. The van der Waals surface area contributed by atoms with Crippen molar-refractivity contribution in [2.75, 3.05) is 0 Å². The Hall–Kier alpha value is -1.13. The number of nitrogens with zero attached hydrogens (tertiary/aromatic N) is 2. The smallest absolute Gasteiger partial charge is 0.267 e. The van der Waals surface area contributed by atoms with E-state index in [4.69, 9.17) is 11.6 Å². The van der Waals surface area contributed by atoms with Crippen LogP contribution in [0.1, 0.15) is 22.1 Å². The van der Waals surface area contributed by atoms with Crippen molar-refractivity contribution in [3.63, 3.8) is 0 Å². The highest BCUT2D eigenvalue weighted by molar-refractivity contribution is 14.1. The Kier molecular flexibility index (Phi) is 5.40. The lowest BCUT2D eigenvalue weighted by molar-refractivity contribution is 0.0489. The number of benzene rings is 2. The monoisotopic (exact) mass is 542 g/mol. The van der Waals surface area contributed by atoms with Crippen molar-refractivity contribution in [3.05, 3.63) is 60.7 Å². The Morgan fingerprint density at radius 1 is 1.24 bits per heavy atom. The summed E-state index contributed by atoms with van der Waals surface area (Å²) in [6.07, 6.45) is -5.89. The van der Waals surface area contributed by atoms with Crippen molar-refractivity contribution < 1.29 is 18.0 Å². The Balaban J connectivity index is 2.22. The molecule has 0 aliphatic heterocycles. The predicted molar refractivity (Wildman–Crippen MR) is 101 cm³/mol. The molecule has 0 bridgehead atoms. The summed E-state index contributed by atoms with van der Waals surface area (Å²) in [5.41, 5.74) is -0.319. The van der Waals surface area contributed by atoms with Gasteiger partial charge in [0, 0.05) is 15.4 Å². The van der Waals surface area contributed by atoms with Gasteiger partial charge in [-0.15, -0.1) is 0 Å². The van der Waals surface area contributed by atoms with Crippen molar-refractivity contribution in [1.29, 1.82) is 0 Å². The molecule has 9 heteroatoms. The zero-order valence-corrected chi connectivity index (χ0v) is 16.7. The molecule has 0 saturated carbocycles. The summed E-state index contributed by atoms with van der Waals surface area (Å²) in [5, 5.41) is 4.75. The van der Waals surface area contributed by atoms with Crippen LogP contribution in [-0.4, -0.2) is 22.1 Å². The van der Waals surface area contributed by atoms with Crippen LogP contribution >= 0.6 is 50.1 Å². The fraction of sp³-hybridized carbons (Fsp3) is 0.125. The van der Waals surface area contributed by atoms with Gasteiger partial charge in [0.2, 0.25) is 0 Å². The average molecular weight is 544 g/mol. The maximum Gasteiger partial charge on any atom is 0.280 e. The maximum absolute atomic E-state index is 14.0. The molecule has 0 fully saturated rings. The molecular weight excluding hydrogens is 535 g/mol. The molecule has 0 radical (unpaired) electrons. The van der Waals surface area contributed by atoms with E-state index in [0.29, 0.717) is 19.1 Å². The van der Waals surface area contributed by atoms with Gasteiger partial charge in [0.05, 0.1) is 16.1 Å². The largest absolute Gasteiger partial charge is 0.280 e. The van der Waals surface area contributed by atoms with E-state index in [1.165, 1.54) is 12.1 Å². The molecular formula is C16H8BrClF3IN2O. The molecule has 1 aromatic heterocycles. The number of alkyl halides is 3. The Bertz CT molecular complexity index is 979. The minimum atomic E-state index is -3.27. The minimum absolute atomic E-state index is 0.112. The van der Waals surface area contributed by atoms with E-state index in [0.717, 1.165) is 10.7 Å². The Morgan fingerprint density at radius 2 is 1.96 bits per heavy atom. The summed E-state index contributed by atoms with van der Waals surface area (Å²) in [6.45, 7) is 0. The number of aromatic nitrogens is 2. The van der Waals surface area contributed by atoms with Crippen molar-refractivity contribution in [2.24, 2.45) is 0 Å². The molecule has 1 atom stereocenters. The highest BCUT2D eigenvalue weighted by Gasteiger charge is 2.30. The van der Waals surface area contributed by atoms with Crippen LogP contribution in [0.3, 0.4) is 0 Å². The van der Waals surface area contributed by atoms with E-state index >= 15 is 0 Å². The standard InChI is InChI=1S/C16H8BrClF3IN2O/c17-7-4-5-8-11(6-7)24(23-15(8)22)16(25)12-9(13(19)14(20)21)2-1-3-10(12)18/h1-6,13-14H. The zero-order chi connectivity index (χ0) is 18.3. The summed E-state index contributed by atoms with van der Waals surface area (Å²) in [7, 11) is 0. The topological polar surface area (TPSA) is 34.9 Å². The molecule has 0 N–H and O–H groups in total. The van der Waals surface area contributed by atoms with E-state index in [1.54, 1.807) is 18.2 Å². The summed E-state index contributed by atoms with van der Waals surface area (Å²) < 4.78 is 41.9. The van der Waals surface area contributed by atoms with Crippen LogP contribution in [0.25, 0.3) is 10.9 Å². The van der Waals surface area contributed by atoms with Crippen LogP contribution in [0, 0.1) is 3.70 Å². The minimum Gasteiger partial charge on any atom is -0.267 e. The Morgan fingerprint density at radius 3 is 2.64 bits per heavy atom. The number of carbonyl (C=O) groups is 1. The number of halogens is 6. The fourth-order valence-electron chi connectivity index (χ4n) is 2.44. The average Bonchev–Trinajstić information content (AvgIpc) is 2.89. The van der Waals surface area contributed by atoms with Gasteiger partial charge < -0.3 is 0 Å². The summed E-state index contributed by atoms with van der Waals surface area (Å²) in [6, 6.07) is 9.02. The summed E-state index contributed by atoms with van der Waals surface area (Å²) >= 11 is 11.3. The van der Waals surface area contributed by atoms with Gasteiger partial charge in [-0.2, -0.15) is 9.78 Å². The predicted octanol–water partition coefficient (Wildman–Crippen LogP) is 6.02. The van der Waals surface area contributed by atoms with Crippen LogP contribution in [0.4, 0.5) is 13.2 Å². The van der Waals surface area contributed by atoms with E-state index in [2.05, 4.69) is 21.0 Å². The molecule has 0 saturated heterocycles. The first kappa shape index (κ1) is 18.7. The third-order valence-electron chi connectivity index (χ3n) is 3.57.